The zero-order valence-corrected chi connectivity index (χ0v) is 12.0. The second-order valence-electron chi connectivity index (χ2n) is 5.13. The number of amides is 1. The summed E-state index contributed by atoms with van der Waals surface area (Å²) >= 11 is 0. The van der Waals surface area contributed by atoms with Gasteiger partial charge < -0.3 is 15.8 Å². The molecule has 1 atom stereocenters. The van der Waals surface area contributed by atoms with Crippen molar-refractivity contribution in [2.24, 2.45) is 11.7 Å². The molecular weight excluding hydrogens is 240 g/mol. The normalized spacial score (nSPS) is 12.3. The molecule has 0 saturated heterocycles. The average Bonchev–Trinajstić information content (AvgIpc) is 2.34. The quantitative estimate of drug-likeness (QED) is 0.739. The predicted octanol–water partition coefficient (Wildman–Crippen LogP) is 1.86. The van der Waals surface area contributed by atoms with Crippen LogP contribution in [0.15, 0.2) is 24.3 Å². The molecule has 4 nitrogen and oxygen atoms in total. The van der Waals surface area contributed by atoms with E-state index in [1.54, 1.807) is 0 Å². The Bertz CT molecular complexity index is 405. The molecule has 0 radical (unpaired) electrons. The fourth-order valence-electron chi connectivity index (χ4n) is 1.59. The largest absolute Gasteiger partial charge is 0.492 e. The van der Waals surface area contributed by atoms with Crippen LogP contribution in [0.3, 0.4) is 0 Å². The molecule has 0 aliphatic heterocycles. The van der Waals surface area contributed by atoms with Crippen molar-refractivity contribution >= 4 is 5.91 Å². The van der Waals surface area contributed by atoms with Crippen LogP contribution in [-0.4, -0.2) is 25.1 Å². The van der Waals surface area contributed by atoms with Crippen LogP contribution >= 0.6 is 0 Å². The number of nitrogens with one attached hydrogen (secondary N) is 1. The van der Waals surface area contributed by atoms with Crippen molar-refractivity contribution in [1.29, 1.82) is 0 Å². The molecule has 0 heterocycles. The first kappa shape index (κ1) is 15.5. The minimum Gasteiger partial charge on any atom is -0.492 e. The van der Waals surface area contributed by atoms with E-state index in [0.717, 1.165) is 11.3 Å². The monoisotopic (exact) mass is 264 g/mol. The highest BCUT2D eigenvalue weighted by atomic mass is 16.5. The van der Waals surface area contributed by atoms with Gasteiger partial charge >= 0.3 is 0 Å². The molecular formula is C15H24N2O2. The molecule has 1 amide bonds. The fourth-order valence-corrected chi connectivity index (χ4v) is 1.59. The molecule has 0 bridgehead atoms. The van der Waals surface area contributed by atoms with Gasteiger partial charge in [0.1, 0.15) is 12.4 Å². The highest BCUT2D eigenvalue weighted by Crippen LogP contribution is 2.11. The van der Waals surface area contributed by atoms with Gasteiger partial charge in [-0.2, -0.15) is 0 Å². The van der Waals surface area contributed by atoms with E-state index in [0.29, 0.717) is 25.5 Å². The minimum absolute atomic E-state index is 0.0194. The number of nitrogens with two attached hydrogens (primary N) is 1. The Morgan fingerprint density at radius 1 is 1.42 bits per heavy atom. The van der Waals surface area contributed by atoms with E-state index in [1.165, 1.54) is 0 Å². The topological polar surface area (TPSA) is 64.3 Å². The van der Waals surface area contributed by atoms with E-state index < -0.39 is 0 Å². The smallest absolute Gasteiger partial charge is 0.221 e. The Morgan fingerprint density at radius 2 is 2.16 bits per heavy atom. The lowest BCUT2D eigenvalue weighted by molar-refractivity contribution is -0.121. The standard InChI is InChI=1S/C15H24N2O2/c1-11(2)14(16)10-15(18)17-7-8-19-13-6-4-5-12(3)9-13/h4-6,9,11,14H,7-8,10,16H2,1-3H3,(H,17,18). The van der Waals surface area contributed by atoms with Gasteiger partial charge in [0.2, 0.25) is 5.91 Å². The van der Waals surface area contributed by atoms with Gasteiger partial charge in [-0.15, -0.1) is 0 Å². The van der Waals surface area contributed by atoms with E-state index in [4.69, 9.17) is 10.5 Å². The molecule has 0 aromatic heterocycles. The second-order valence-corrected chi connectivity index (χ2v) is 5.13. The maximum Gasteiger partial charge on any atom is 0.221 e. The number of ether oxygens (including phenoxy) is 1. The van der Waals surface area contributed by atoms with Gasteiger partial charge in [0.05, 0.1) is 6.54 Å². The van der Waals surface area contributed by atoms with E-state index in [1.807, 2.05) is 45.0 Å². The summed E-state index contributed by atoms with van der Waals surface area (Å²) in [5, 5.41) is 2.81. The Balaban J connectivity index is 2.19. The lowest BCUT2D eigenvalue weighted by Crippen LogP contribution is -2.36. The number of aryl methyl sites for hydroxylation is 1. The SMILES string of the molecule is Cc1cccc(OCCNC(=O)CC(N)C(C)C)c1. The van der Waals surface area contributed by atoms with Crippen molar-refractivity contribution in [3.8, 4) is 5.75 Å². The highest BCUT2D eigenvalue weighted by Gasteiger charge is 2.12. The molecule has 4 heteroatoms. The van der Waals surface area contributed by atoms with Gasteiger partial charge in [0, 0.05) is 12.5 Å². The third kappa shape index (κ3) is 6.25. The molecule has 106 valence electrons. The Labute approximate surface area is 115 Å². The van der Waals surface area contributed by atoms with Crippen LogP contribution in [-0.2, 0) is 4.79 Å². The summed E-state index contributed by atoms with van der Waals surface area (Å²) in [6.45, 7) is 7.00. The maximum atomic E-state index is 11.6. The van der Waals surface area contributed by atoms with E-state index in [-0.39, 0.29) is 11.9 Å². The van der Waals surface area contributed by atoms with E-state index in [2.05, 4.69) is 5.32 Å². The Morgan fingerprint density at radius 3 is 2.79 bits per heavy atom. The molecule has 0 saturated carbocycles. The van der Waals surface area contributed by atoms with Gasteiger partial charge in [0.15, 0.2) is 0 Å². The van der Waals surface area contributed by atoms with Gasteiger partial charge in [0.25, 0.3) is 0 Å². The summed E-state index contributed by atoms with van der Waals surface area (Å²) in [5.74, 6) is 1.12. The summed E-state index contributed by atoms with van der Waals surface area (Å²) in [7, 11) is 0. The minimum atomic E-state index is -0.0855. The van der Waals surface area contributed by atoms with Crippen molar-refractivity contribution in [1.82, 2.24) is 5.32 Å². The van der Waals surface area contributed by atoms with Crippen molar-refractivity contribution < 1.29 is 9.53 Å². The van der Waals surface area contributed by atoms with Crippen LogP contribution in [0, 0.1) is 12.8 Å². The first-order valence-electron chi connectivity index (χ1n) is 6.71. The lowest BCUT2D eigenvalue weighted by Gasteiger charge is -2.15. The third-order valence-electron chi connectivity index (χ3n) is 2.96. The summed E-state index contributed by atoms with van der Waals surface area (Å²) in [6.07, 6.45) is 0.363. The highest BCUT2D eigenvalue weighted by molar-refractivity contribution is 5.76. The van der Waals surface area contributed by atoms with E-state index >= 15 is 0 Å². The van der Waals surface area contributed by atoms with Crippen molar-refractivity contribution in [3.63, 3.8) is 0 Å². The van der Waals surface area contributed by atoms with Gasteiger partial charge in [-0.05, 0) is 30.5 Å². The van der Waals surface area contributed by atoms with Crippen LogP contribution in [0.4, 0.5) is 0 Å². The molecule has 0 fully saturated rings. The van der Waals surface area contributed by atoms with Crippen molar-refractivity contribution in [2.75, 3.05) is 13.2 Å². The van der Waals surface area contributed by atoms with Crippen LogP contribution < -0.4 is 15.8 Å². The zero-order valence-electron chi connectivity index (χ0n) is 12.0. The van der Waals surface area contributed by atoms with E-state index in [9.17, 15) is 4.79 Å². The van der Waals surface area contributed by atoms with Gasteiger partial charge in [-0.3, -0.25) is 4.79 Å². The third-order valence-corrected chi connectivity index (χ3v) is 2.96. The number of rotatable bonds is 7. The lowest BCUT2D eigenvalue weighted by atomic mass is 10.0. The Hall–Kier alpha value is -1.55. The molecule has 0 spiro atoms. The number of carbonyl (C=O) groups excluding carboxylic acids is 1. The van der Waals surface area contributed by atoms with Gasteiger partial charge in [-0.25, -0.2) is 0 Å². The molecule has 1 rings (SSSR count). The van der Waals surface area contributed by atoms with Crippen molar-refractivity contribution in [3.05, 3.63) is 29.8 Å². The van der Waals surface area contributed by atoms with Crippen LogP contribution in [0.1, 0.15) is 25.8 Å². The summed E-state index contributed by atoms with van der Waals surface area (Å²) < 4.78 is 5.54. The first-order valence-corrected chi connectivity index (χ1v) is 6.71. The number of hydrogen-bond acceptors (Lipinski definition) is 3. The van der Waals surface area contributed by atoms with Crippen LogP contribution in [0.25, 0.3) is 0 Å². The Kier molecular flexibility index (Phi) is 6.36. The second kappa shape index (κ2) is 7.79. The number of benzene rings is 1. The average molecular weight is 264 g/mol. The molecule has 1 aromatic rings. The van der Waals surface area contributed by atoms with Crippen LogP contribution in [0.5, 0.6) is 5.75 Å². The summed E-state index contributed by atoms with van der Waals surface area (Å²) in [4.78, 5) is 11.6. The first-order chi connectivity index (χ1) is 8.99. The molecule has 1 unspecified atom stereocenters. The predicted molar refractivity (Wildman–Crippen MR) is 77.1 cm³/mol. The summed E-state index contributed by atoms with van der Waals surface area (Å²) in [6, 6.07) is 7.75. The summed E-state index contributed by atoms with van der Waals surface area (Å²) in [5.41, 5.74) is 6.99. The number of hydrogen-bond donors (Lipinski definition) is 2. The number of carbonyl (C=O) groups is 1. The molecule has 1 aromatic carbocycles. The molecule has 3 N–H and O–H groups in total. The molecule has 0 aliphatic rings. The zero-order chi connectivity index (χ0) is 14.3. The van der Waals surface area contributed by atoms with Crippen LogP contribution in [0.2, 0.25) is 0 Å². The fraction of sp³-hybridized carbons (Fsp3) is 0.533. The maximum absolute atomic E-state index is 11.6. The molecule has 0 aliphatic carbocycles. The van der Waals surface area contributed by atoms with Gasteiger partial charge in [-0.1, -0.05) is 26.0 Å². The van der Waals surface area contributed by atoms with Crippen molar-refractivity contribution in [2.45, 2.75) is 33.2 Å². The molecule has 19 heavy (non-hydrogen) atoms.